The molecule has 0 aromatic rings. The van der Waals surface area contributed by atoms with Crippen molar-refractivity contribution in [3.8, 4) is 0 Å². The Kier molecular flexibility index (Phi) is 2.90. The first-order chi connectivity index (χ1) is 7.20. The van der Waals surface area contributed by atoms with Crippen LogP contribution in [0.5, 0.6) is 0 Å². The second-order valence-corrected chi connectivity index (χ2v) is 4.08. The van der Waals surface area contributed by atoms with Crippen LogP contribution in [-0.4, -0.2) is 49.1 Å². The highest BCUT2D eigenvalue weighted by Gasteiger charge is 2.34. The Hall–Kier alpha value is -1.10. The van der Waals surface area contributed by atoms with E-state index in [1.807, 2.05) is 6.92 Å². The van der Waals surface area contributed by atoms with Gasteiger partial charge in [0.25, 0.3) is 0 Å². The Morgan fingerprint density at radius 1 is 1.60 bits per heavy atom. The largest absolute Gasteiger partial charge is 0.377 e. The van der Waals surface area contributed by atoms with Crippen LogP contribution in [0.3, 0.4) is 0 Å². The van der Waals surface area contributed by atoms with Crippen LogP contribution in [0, 0.1) is 5.92 Å². The van der Waals surface area contributed by atoms with Gasteiger partial charge in [0.15, 0.2) is 0 Å². The van der Waals surface area contributed by atoms with Crippen molar-refractivity contribution >= 4 is 11.8 Å². The molecule has 0 aromatic heterocycles. The van der Waals surface area contributed by atoms with Gasteiger partial charge in [-0.1, -0.05) is 0 Å². The minimum absolute atomic E-state index is 0.00685. The normalized spacial score (nSPS) is 26.6. The summed E-state index contributed by atoms with van der Waals surface area (Å²) in [7, 11) is 0. The van der Waals surface area contributed by atoms with E-state index in [9.17, 15) is 9.59 Å². The molecule has 0 aliphatic carbocycles. The summed E-state index contributed by atoms with van der Waals surface area (Å²) in [6.45, 7) is 4.38. The molecule has 0 spiro atoms. The van der Waals surface area contributed by atoms with Crippen LogP contribution in [0.1, 0.15) is 13.3 Å². The summed E-state index contributed by atoms with van der Waals surface area (Å²) >= 11 is 0. The van der Waals surface area contributed by atoms with Gasteiger partial charge in [0.1, 0.15) is 0 Å². The van der Waals surface area contributed by atoms with E-state index >= 15 is 0 Å². The molecule has 1 atom stereocenters. The van der Waals surface area contributed by atoms with E-state index in [0.29, 0.717) is 32.7 Å². The molecule has 5 heteroatoms. The molecule has 2 amide bonds. The van der Waals surface area contributed by atoms with Crippen LogP contribution in [-0.2, 0) is 14.3 Å². The number of nitrogens with one attached hydrogen (secondary N) is 1. The average Bonchev–Trinajstić information content (AvgIpc) is 2.53. The van der Waals surface area contributed by atoms with Crippen molar-refractivity contribution in [2.45, 2.75) is 19.4 Å². The summed E-state index contributed by atoms with van der Waals surface area (Å²) in [5.74, 6) is -0.0897. The number of amides is 2. The van der Waals surface area contributed by atoms with E-state index in [2.05, 4.69) is 5.32 Å². The fraction of sp³-hybridized carbons (Fsp3) is 0.800. The summed E-state index contributed by atoms with van der Waals surface area (Å²) in [6.07, 6.45) is 0.354. The Balaban J connectivity index is 1.83. The van der Waals surface area contributed by atoms with Gasteiger partial charge < -0.3 is 15.0 Å². The molecule has 2 aliphatic heterocycles. The fourth-order valence-electron chi connectivity index (χ4n) is 1.89. The zero-order valence-electron chi connectivity index (χ0n) is 8.86. The third-order valence-corrected chi connectivity index (χ3v) is 2.95. The second kappa shape index (κ2) is 4.18. The summed E-state index contributed by atoms with van der Waals surface area (Å²) in [6, 6.07) is 0.156. The van der Waals surface area contributed by atoms with Gasteiger partial charge in [-0.2, -0.15) is 0 Å². The standard InChI is InChI=1S/C10H16N2O3/c1-2-12-4-7(3-9(12)13)10(14)11-8-5-15-6-8/h7-8H,2-6H2,1H3,(H,11,14). The molecular formula is C10H16N2O3. The first kappa shape index (κ1) is 10.4. The van der Waals surface area contributed by atoms with Crippen LogP contribution < -0.4 is 5.32 Å². The summed E-state index contributed by atoms with van der Waals surface area (Å²) in [5.41, 5.74) is 0. The summed E-state index contributed by atoms with van der Waals surface area (Å²) in [5, 5.41) is 2.88. The Bertz CT molecular complexity index is 276. The van der Waals surface area contributed by atoms with Gasteiger partial charge in [0.05, 0.1) is 25.2 Å². The lowest BCUT2D eigenvalue weighted by atomic mass is 10.1. The molecule has 2 fully saturated rings. The van der Waals surface area contributed by atoms with Gasteiger partial charge in [0.2, 0.25) is 11.8 Å². The summed E-state index contributed by atoms with van der Waals surface area (Å²) in [4.78, 5) is 24.8. The molecule has 84 valence electrons. The first-order valence-corrected chi connectivity index (χ1v) is 5.36. The number of hydrogen-bond acceptors (Lipinski definition) is 3. The van der Waals surface area contributed by atoms with Crippen LogP contribution in [0.25, 0.3) is 0 Å². The smallest absolute Gasteiger partial charge is 0.225 e. The van der Waals surface area contributed by atoms with E-state index in [4.69, 9.17) is 4.74 Å². The van der Waals surface area contributed by atoms with E-state index in [-0.39, 0.29) is 23.8 Å². The highest BCUT2D eigenvalue weighted by molar-refractivity contribution is 5.89. The molecule has 2 heterocycles. The van der Waals surface area contributed by atoms with Gasteiger partial charge in [-0.25, -0.2) is 0 Å². The number of carbonyl (C=O) groups is 2. The summed E-state index contributed by atoms with van der Waals surface area (Å²) < 4.78 is 4.97. The van der Waals surface area contributed by atoms with Crippen molar-refractivity contribution in [1.29, 1.82) is 0 Å². The zero-order valence-corrected chi connectivity index (χ0v) is 8.86. The maximum absolute atomic E-state index is 11.7. The third kappa shape index (κ3) is 2.12. The molecule has 0 bridgehead atoms. The highest BCUT2D eigenvalue weighted by atomic mass is 16.5. The zero-order chi connectivity index (χ0) is 10.8. The minimum Gasteiger partial charge on any atom is -0.377 e. The number of carbonyl (C=O) groups excluding carboxylic acids is 2. The fourth-order valence-corrected chi connectivity index (χ4v) is 1.89. The number of hydrogen-bond donors (Lipinski definition) is 1. The molecule has 1 unspecified atom stereocenters. The number of nitrogens with zero attached hydrogens (tertiary/aromatic N) is 1. The van der Waals surface area contributed by atoms with Crippen molar-refractivity contribution in [3.05, 3.63) is 0 Å². The maximum atomic E-state index is 11.7. The topological polar surface area (TPSA) is 58.6 Å². The molecule has 5 nitrogen and oxygen atoms in total. The van der Waals surface area contributed by atoms with Crippen LogP contribution in [0.2, 0.25) is 0 Å². The van der Waals surface area contributed by atoms with Gasteiger partial charge in [-0.05, 0) is 6.92 Å². The van der Waals surface area contributed by atoms with Gasteiger partial charge in [0, 0.05) is 19.5 Å². The van der Waals surface area contributed by atoms with E-state index in [0.717, 1.165) is 0 Å². The van der Waals surface area contributed by atoms with Gasteiger partial charge in [-0.15, -0.1) is 0 Å². The minimum atomic E-state index is -0.168. The van der Waals surface area contributed by atoms with E-state index < -0.39 is 0 Å². The lowest BCUT2D eigenvalue weighted by Crippen LogP contribution is -2.50. The maximum Gasteiger partial charge on any atom is 0.225 e. The predicted octanol–water partition coefficient (Wildman–Crippen LogP) is -0.630. The Morgan fingerprint density at radius 3 is 2.80 bits per heavy atom. The predicted molar refractivity (Wildman–Crippen MR) is 53.1 cm³/mol. The molecule has 15 heavy (non-hydrogen) atoms. The van der Waals surface area contributed by atoms with Crippen LogP contribution in [0.4, 0.5) is 0 Å². The lowest BCUT2D eigenvalue weighted by molar-refractivity contribution is -0.130. The molecule has 2 aliphatic rings. The Labute approximate surface area is 88.8 Å². The third-order valence-electron chi connectivity index (χ3n) is 2.95. The Morgan fingerprint density at radius 2 is 2.33 bits per heavy atom. The second-order valence-electron chi connectivity index (χ2n) is 4.08. The molecule has 2 saturated heterocycles. The number of ether oxygens (including phenoxy) is 1. The first-order valence-electron chi connectivity index (χ1n) is 5.36. The molecule has 2 rings (SSSR count). The van der Waals surface area contributed by atoms with Crippen molar-refractivity contribution in [3.63, 3.8) is 0 Å². The monoisotopic (exact) mass is 212 g/mol. The highest BCUT2D eigenvalue weighted by Crippen LogP contribution is 2.17. The van der Waals surface area contributed by atoms with Crippen molar-refractivity contribution < 1.29 is 14.3 Å². The van der Waals surface area contributed by atoms with Crippen LogP contribution in [0.15, 0.2) is 0 Å². The SMILES string of the molecule is CCN1CC(C(=O)NC2COC2)CC1=O. The molecule has 0 saturated carbocycles. The molecule has 0 aromatic carbocycles. The molecule has 1 N–H and O–H groups in total. The quantitative estimate of drug-likeness (QED) is 0.677. The van der Waals surface area contributed by atoms with Crippen molar-refractivity contribution in [2.24, 2.45) is 5.92 Å². The van der Waals surface area contributed by atoms with Crippen LogP contribution >= 0.6 is 0 Å². The molecule has 0 radical (unpaired) electrons. The van der Waals surface area contributed by atoms with Crippen molar-refractivity contribution in [1.82, 2.24) is 10.2 Å². The van der Waals surface area contributed by atoms with E-state index in [1.165, 1.54) is 0 Å². The van der Waals surface area contributed by atoms with Gasteiger partial charge >= 0.3 is 0 Å². The lowest BCUT2D eigenvalue weighted by Gasteiger charge is -2.27. The molecular weight excluding hydrogens is 196 g/mol. The van der Waals surface area contributed by atoms with Gasteiger partial charge in [-0.3, -0.25) is 9.59 Å². The van der Waals surface area contributed by atoms with E-state index in [1.54, 1.807) is 4.90 Å². The number of likely N-dealkylation sites (tertiary alicyclic amines) is 1. The average molecular weight is 212 g/mol. The number of rotatable bonds is 3. The van der Waals surface area contributed by atoms with Crippen molar-refractivity contribution in [2.75, 3.05) is 26.3 Å².